The Balaban J connectivity index is 2.12. The Bertz CT molecular complexity index is 1000. The maximum absolute atomic E-state index is 13.4. The van der Waals surface area contributed by atoms with Gasteiger partial charge in [0.1, 0.15) is 5.60 Å². The molecule has 152 valence electrons. The number of hydrogen-bond donors (Lipinski definition) is 1. The Labute approximate surface area is 170 Å². The Morgan fingerprint density at radius 2 is 1.72 bits per heavy atom. The molecule has 0 bridgehead atoms. The number of nitrogens with zero attached hydrogens (tertiary/aromatic N) is 1. The maximum Gasteiger partial charge on any atom is 0.323 e. The number of rotatable bonds is 7. The predicted octanol–water partition coefficient (Wildman–Crippen LogP) is 4.66. The Hall–Kier alpha value is -3.15. The number of esters is 1. The molecule has 0 amide bonds. The van der Waals surface area contributed by atoms with E-state index in [1.54, 1.807) is 27.0 Å². The van der Waals surface area contributed by atoms with Crippen LogP contribution in [0.15, 0.2) is 60.8 Å². The van der Waals surface area contributed by atoms with E-state index in [2.05, 4.69) is 4.98 Å². The molecule has 2 aromatic carbocycles. The number of nitrogens with one attached hydrogen (secondary N) is 1. The topological polar surface area (TPSA) is 85.2 Å². The fourth-order valence-corrected chi connectivity index (χ4v) is 3.64. The van der Waals surface area contributed by atoms with Crippen molar-refractivity contribution in [1.82, 2.24) is 4.98 Å². The summed E-state index contributed by atoms with van der Waals surface area (Å²) in [5, 5.41) is 12.5. The van der Waals surface area contributed by atoms with Gasteiger partial charge in [-0.1, -0.05) is 48.5 Å². The summed E-state index contributed by atoms with van der Waals surface area (Å²) in [5.74, 6) is -0.567. The molecule has 0 saturated heterocycles. The lowest BCUT2D eigenvalue weighted by Crippen LogP contribution is -2.46. The number of carbonyl (C=O) groups is 1. The lowest BCUT2D eigenvalue weighted by atomic mass is 9.75. The Morgan fingerprint density at radius 1 is 1.07 bits per heavy atom. The van der Waals surface area contributed by atoms with E-state index in [4.69, 9.17) is 4.74 Å². The number of carbonyl (C=O) groups excluding carboxylic acids is 1. The van der Waals surface area contributed by atoms with Crippen molar-refractivity contribution in [2.45, 2.75) is 44.6 Å². The smallest absolute Gasteiger partial charge is 0.323 e. The quantitative estimate of drug-likeness (QED) is 0.359. The highest BCUT2D eigenvalue weighted by Gasteiger charge is 2.49. The van der Waals surface area contributed by atoms with E-state index in [1.165, 1.54) is 0 Å². The van der Waals surface area contributed by atoms with Crippen molar-refractivity contribution < 1.29 is 14.5 Å². The third-order valence-electron chi connectivity index (χ3n) is 4.98. The SMILES string of the molecule is CC(C)(C)OC(=O)[C@](CCc1ccccc1)(C[N+](=O)[O-])c1c[nH]c2ccccc12. The highest BCUT2D eigenvalue weighted by atomic mass is 16.6. The van der Waals surface area contributed by atoms with Gasteiger partial charge in [0.25, 0.3) is 0 Å². The Kier molecular flexibility index (Phi) is 5.73. The summed E-state index contributed by atoms with van der Waals surface area (Å²) in [4.78, 5) is 27.9. The molecule has 1 heterocycles. The van der Waals surface area contributed by atoms with Crippen molar-refractivity contribution in [1.29, 1.82) is 0 Å². The largest absolute Gasteiger partial charge is 0.459 e. The Morgan fingerprint density at radius 3 is 2.38 bits per heavy atom. The summed E-state index contributed by atoms with van der Waals surface area (Å²) < 4.78 is 5.71. The average Bonchev–Trinajstić information content (AvgIpc) is 3.09. The summed E-state index contributed by atoms with van der Waals surface area (Å²) in [6.45, 7) is 4.79. The molecule has 0 unspecified atom stereocenters. The number of para-hydroxylation sites is 1. The summed E-state index contributed by atoms with van der Waals surface area (Å²) in [5.41, 5.74) is 0.307. The van der Waals surface area contributed by atoms with Crippen LogP contribution in [0.2, 0.25) is 0 Å². The fourth-order valence-electron chi connectivity index (χ4n) is 3.64. The normalized spacial score (nSPS) is 13.8. The first-order valence-electron chi connectivity index (χ1n) is 9.67. The van der Waals surface area contributed by atoms with E-state index >= 15 is 0 Å². The molecule has 1 atom stereocenters. The highest BCUT2D eigenvalue weighted by Crippen LogP contribution is 2.37. The van der Waals surface area contributed by atoms with Crippen molar-refractivity contribution in [3.63, 3.8) is 0 Å². The molecule has 1 aromatic heterocycles. The zero-order valence-corrected chi connectivity index (χ0v) is 17.0. The molecule has 3 aromatic rings. The number of H-pyrrole nitrogens is 1. The maximum atomic E-state index is 13.4. The molecule has 0 fully saturated rings. The first-order valence-corrected chi connectivity index (χ1v) is 9.67. The van der Waals surface area contributed by atoms with E-state index in [0.29, 0.717) is 12.0 Å². The third kappa shape index (κ3) is 4.65. The predicted molar refractivity (Wildman–Crippen MR) is 112 cm³/mol. The van der Waals surface area contributed by atoms with Crippen LogP contribution in [-0.4, -0.2) is 28.0 Å². The summed E-state index contributed by atoms with van der Waals surface area (Å²) in [7, 11) is 0. The summed E-state index contributed by atoms with van der Waals surface area (Å²) in [6.07, 6.45) is 2.51. The van der Waals surface area contributed by atoms with Gasteiger partial charge in [-0.2, -0.15) is 0 Å². The molecule has 0 aliphatic rings. The van der Waals surface area contributed by atoms with Crippen molar-refractivity contribution in [2.24, 2.45) is 0 Å². The van der Waals surface area contributed by atoms with Crippen LogP contribution in [0.1, 0.15) is 38.3 Å². The van der Waals surface area contributed by atoms with Crippen LogP contribution in [0.4, 0.5) is 0 Å². The number of aryl methyl sites for hydroxylation is 1. The molecule has 0 spiro atoms. The van der Waals surface area contributed by atoms with Crippen molar-refractivity contribution >= 4 is 16.9 Å². The van der Waals surface area contributed by atoms with Crippen molar-refractivity contribution in [2.75, 3.05) is 6.54 Å². The molecule has 0 aliphatic carbocycles. The molecule has 6 heteroatoms. The van der Waals surface area contributed by atoms with Crippen molar-refractivity contribution in [3.05, 3.63) is 82.0 Å². The van der Waals surface area contributed by atoms with Crippen LogP contribution >= 0.6 is 0 Å². The number of aromatic nitrogens is 1. The monoisotopic (exact) mass is 394 g/mol. The van der Waals surface area contributed by atoms with Gasteiger partial charge in [0, 0.05) is 27.6 Å². The van der Waals surface area contributed by atoms with Gasteiger partial charge in [0.2, 0.25) is 6.54 Å². The van der Waals surface area contributed by atoms with Crippen LogP contribution < -0.4 is 0 Å². The second kappa shape index (κ2) is 8.07. The van der Waals surface area contributed by atoms with E-state index in [-0.39, 0.29) is 6.42 Å². The standard InChI is InChI=1S/C23H26N2O4/c1-22(2,3)29-21(26)23(16-25(27)28,14-13-17-9-5-4-6-10-17)19-15-24-20-12-8-7-11-18(19)20/h4-12,15,24H,13-14,16H2,1-3H3/t23-/m1/s1. The van der Waals surface area contributed by atoms with E-state index < -0.39 is 28.5 Å². The van der Waals surface area contributed by atoms with Gasteiger partial charge in [0.15, 0.2) is 5.41 Å². The molecular formula is C23H26N2O4. The minimum absolute atomic E-state index is 0.273. The van der Waals surface area contributed by atoms with Gasteiger partial charge in [-0.05, 0) is 45.2 Å². The first-order chi connectivity index (χ1) is 13.7. The number of aromatic amines is 1. The molecule has 0 saturated carbocycles. The second-order valence-electron chi connectivity index (χ2n) is 8.31. The lowest BCUT2D eigenvalue weighted by Gasteiger charge is -2.31. The summed E-state index contributed by atoms with van der Waals surface area (Å²) in [6, 6.07) is 17.2. The molecule has 0 aliphatic heterocycles. The highest BCUT2D eigenvalue weighted by molar-refractivity contribution is 5.93. The van der Waals surface area contributed by atoms with Gasteiger partial charge in [-0.3, -0.25) is 14.9 Å². The van der Waals surface area contributed by atoms with Crippen LogP contribution in [0, 0.1) is 10.1 Å². The van der Waals surface area contributed by atoms with E-state index in [9.17, 15) is 14.9 Å². The molecule has 6 nitrogen and oxygen atoms in total. The zero-order chi connectivity index (χ0) is 21.1. The van der Waals surface area contributed by atoms with Crippen molar-refractivity contribution in [3.8, 4) is 0 Å². The van der Waals surface area contributed by atoms with Gasteiger partial charge in [0.05, 0.1) is 0 Å². The molecule has 29 heavy (non-hydrogen) atoms. The van der Waals surface area contributed by atoms with Crippen LogP contribution in [-0.2, 0) is 21.4 Å². The van der Waals surface area contributed by atoms with Crippen LogP contribution in [0.25, 0.3) is 10.9 Å². The average molecular weight is 394 g/mol. The van der Waals surface area contributed by atoms with Crippen LogP contribution in [0.5, 0.6) is 0 Å². The third-order valence-corrected chi connectivity index (χ3v) is 4.98. The van der Waals surface area contributed by atoms with Gasteiger partial charge in [-0.25, -0.2) is 0 Å². The molecular weight excluding hydrogens is 368 g/mol. The number of fused-ring (bicyclic) bond motifs is 1. The van der Waals surface area contributed by atoms with Gasteiger partial charge in [-0.15, -0.1) is 0 Å². The zero-order valence-electron chi connectivity index (χ0n) is 17.0. The number of benzene rings is 2. The van der Waals surface area contributed by atoms with Gasteiger partial charge < -0.3 is 9.72 Å². The van der Waals surface area contributed by atoms with Gasteiger partial charge >= 0.3 is 5.97 Å². The minimum atomic E-state index is -1.40. The number of nitro groups is 1. The lowest BCUT2D eigenvalue weighted by molar-refractivity contribution is -0.489. The number of ether oxygens (including phenoxy) is 1. The second-order valence-corrected chi connectivity index (χ2v) is 8.31. The fraction of sp³-hybridized carbons (Fsp3) is 0.348. The molecule has 0 radical (unpaired) electrons. The minimum Gasteiger partial charge on any atom is -0.459 e. The van der Waals surface area contributed by atoms with E-state index in [1.807, 2.05) is 54.6 Å². The number of hydrogen-bond acceptors (Lipinski definition) is 4. The van der Waals surface area contributed by atoms with Crippen LogP contribution in [0.3, 0.4) is 0 Å². The molecule has 1 N–H and O–H groups in total. The first kappa shape index (κ1) is 20.6. The summed E-state index contributed by atoms with van der Waals surface area (Å²) >= 11 is 0. The molecule has 3 rings (SSSR count). The van der Waals surface area contributed by atoms with E-state index in [0.717, 1.165) is 16.5 Å².